The van der Waals surface area contributed by atoms with Gasteiger partial charge in [0.15, 0.2) is 0 Å². The van der Waals surface area contributed by atoms with Crippen LogP contribution in [0.25, 0.3) is 0 Å². The highest BCUT2D eigenvalue weighted by molar-refractivity contribution is 6.00. The molecule has 0 heterocycles. The van der Waals surface area contributed by atoms with E-state index in [2.05, 4.69) is 5.32 Å². The standard InChI is InChI=1S/C19H20FNO3/c1-11-9-12(2)16(10-15(11)17(22)23)21-18(24)19(3,4)13-5-7-14(20)8-6-13/h5-10H,1-4H3,(H,21,24)(H,22,23). The van der Waals surface area contributed by atoms with Gasteiger partial charge in [0, 0.05) is 5.69 Å². The van der Waals surface area contributed by atoms with E-state index in [1.165, 1.54) is 18.2 Å². The normalized spacial score (nSPS) is 11.2. The molecule has 2 aromatic rings. The molecule has 126 valence electrons. The van der Waals surface area contributed by atoms with E-state index in [1.807, 2.05) is 0 Å². The summed E-state index contributed by atoms with van der Waals surface area (Å²) < 4.78 is 13.1. The Hall–Kier alpha value is -2.69. The van der Waals surface area contributed by atoms with E-state index < -0.39 is 11.4 Å². The van der Waals surface area contributed by atoms with Gasteiger partial charge in [-0.15, -0.1) is 0 Å². The highest BCUT2D eigenvalue weighted by Crippen LogP contribution is 2.27. The molecule has 0 aliphatic heterocycles. The number of aryl methyl sites for hydroxylation is 2. The summed E-state index contributed by atoms with van der Waals surface area (Å²) >= 11 is 0. The Morgan fingerprint density at radius 3 is 2.17 bits per heavy atom. The van der Waals surface area contributed by atoms with Gasteiger partial charge < -0.3 is 10.4 Å². The summed E-state index contributed by atoms with van der Waals surface area (Å²) in [5, 5.41) is 12.0. The van der Waals surface area contributed by atoms with Crippen LogP contribution in [0.1, 0.15) is 40.9 Å². The molecule has 2 aromatic carbocycles. The van der Waals surface area contributed by atoms with Crippen molar-refractivity contribution in [2.75, 3.05) is 5.32 Å². The molecule has 0 atom stereocenters. The third-order valence-electron chi connectivity index (χ3n) is 4.18. The second-order valence-electron chi connectivity index (χ2n) is 6.37. The molecule has 0 radical (unpaired) electrons. The number of aromatic carboxylic acids is 1. The van der Waals surface area contributed by atoms with Crippen LogP contribution in [0.2, 0.25) is 0 Å². The predicted molar refractivity (Wildman–Crippen MR) is 90.9 cm³/mol. The summed E-state index contributed by atoms with van der Waals surface area (Å²) in [6, 6.07) is 8.95. The number of rotatable bonds is 4. The maximum atomic E-state index is 13.1. The summed E-state index contributed by atoms with van der Waals surface area (Å²) in [6.45, 7) is 6.98. The van der Waals surface area contributed by atoms with Crippen molar-refractivity contribution in [3.63, 3.8) is 0 Å². The predicted octanol–water partition coefficient (Wildman–Crippen LogP) is 4.06. The highest BCUT2D eigenvalue weighted by atomic mass is 19.1. The Kier molecular flexibility index (Phi) is 4.73. The number of halogens is 1. The van der Waals surface area contributed by atoms with Gasteiger partial charge in [-0.25, -0.2) is 9.18 Å². The smallest absolute Gasteiger partial charge is 0.336 e. The van der Waals surface area contributed by atoms with Crippen molar-refractivity contribution in [1.82, 2.24) is 0 Å². The first-order valence-corrected chi connectivity index (χ1v) is 7.55. The summed E-state index contributed by atoms with van der Waals surface area (Å²) in [4.78, 5) is 24.0. The zero-order valence-electron chi connectivity index (χ0n) is 14.1. The van der Waals surface area contributed by atoms with Crippen molar-refractivity contribution in [3.05, 3.63) is 64.5 Å². The minimum Gasteiger partial charge on any atom is -0.478 e. The quantitative estimate of drug-likeness (QED) is 0.889. The van der Waals surface area contributed by atoms with Crippen LogP contribution in [0.3, 0.4) is 0 Å². The molecule has 0 fully saturated rings. The lowest BCUT2D eigenvalue weighted by atomic mass is 9.83. The van der Waals surface area contributed by atoms with Crippen molar-refractivity contribution in [3.8, 4) is 0 Å². The topological polar surface area (TPSA) is 66.4 Å². The first-order valence-electron chi connectivity index (χ1n) is 7.55. The molecule has 2 N–H and O–H groups in total. The van der Waals surface area contributed by atoms with Gasteiger partial charge in [-0.3, -0.25) is 4.79 Å². The fourth-order valence-electron chi connectivity index (χ4n) is 2.49. The van der Waals surface area contributed by atoms with Crippen LogP contribution >= 0.6 is 0 Å². The molecular formula is C19H20FNO3. The van der Waals surface area contributed by atoms with Gasteiger partial charge in [-0.05, 0) is 62.6 Å². The number of carbonyl (C=O) groups is 2. The molecule has 4 nitrogen and oxygen atoms in total. The van der Waals surface area contributed by atoms with E-state index in [0.29, 0.717) is 16.8 Å². The van der Waals surface area contributed by atoms with Gasteiger partial charge >= 0.3 is 5.97 Å². The fraction of sp³-hybridized carbons (Fsp3) is 0.263. The molecule has 2 rings (SSSR count). The molecule has 0 aliphatic rings. The van der Waals surface area contributed by atoms with E-state index in [9.17, 15) is 19.1 Å². The van der Waals surface area contributed by atoms with Gasteiger partial charge in [-0.2, -0.15) is 0 Å². The summed E-state index contributed by atoms with van der Waals surface area (Å²) in [5.74, 6) is -1.70. The number of carboxylic acids is 1. The molecule has 0 saturated carbocycles. The van der Waals surface area contributed by atoms with Crippen LogP contribution in [0.5, 0.6) is 0 Å². The minimum absolute atomic E-state index is 0.149. The molecule has 0 saturated heterocycles. The third kappa shape index (κ3) is 3.45. The Labute approximate surface area is 140 Å². The van der Waals surface area contributed by atoms with Crippen molar-refractivity contribution < 1.29 is 19.1 Å². The van der Waals surface area contributed by atoms with Gasteiger partial charge in [0.1, 0.15) is 5.82 Å². The second-order valence-corrected chi connectivity index (χ2v) is 6.37. The number of carboxylic acid groups (broad SMARTS) is 1. The molecule has 24 heavy (non-hydrogen) atoms. The molecule has 0 bridgehead atoms. The van der Waals surface area contributed by atoms with Crippen LogP contribution in [0.4, 0.5) is 10.1 Å². The van der Waals surface area contributed by atoms with Crippen LogP contribution in [-0.2, 0) is 10.2 Å². The largest absolute Gasteiger partial charge is 0.478 e. The van der Waals surface area contributed by atoms with Crippen molar-refractivity contribution in [2.45, 2.75) is 33.1 Å². The molecule has 0 spiro atoms. The number of hydrogen-bond donors (Lipinski definition) is 2. The Bertz CT molecular complexity index is 795. The lowest BCUT2D eigenvalue weighted by Gasteiger charge is -2.25. The highest BCUT2D eigenvalue weighted by Gasteiger charge is 2.30. The number of hydrogen-bond acceptors (Lipinski definition) is 2. The maximum Gasteiger partial charge on any atom is 0.336 e. The third-order valence-corrected chi connectivity index (χ3v) is 4.18. The van der Waals surface area contributed by atoms with Crippen LogP contribution in [0.15, 0.2) is 36.4 Å². The van der Waals surface area contributed by atoms with E-state index in [0.717, 1.165) is 5.56 Å². The zero-order chi connectivity index (χ0) is 18.1. The van der Waals surface area contributed by atoms with E-state index >= 15 is 0 Å². The van der Waals surface area contributed by atoms with Gasteiger partial charge in [0.2, 0.25) is 5.91 Å². The Morgan fingerprint density at radius 2 is 1.62 bits per heavy atom. The molecular weight excluding hydrogens is 309 g/mol. The van der Waals surface area contributed by atoms with Gasteiger partial charge in [0.25, 0.3) is 0 Å². The SMILES string of the molecule is Cc1cc(C)c(C(=O)O)cc1NC(=O)C(C)(C)c1ccc(F)cc1. The average Bonchev–Trinajstić information content (AvgIpc) is 2.49. The first-order chi connectivity index (χ1) is 11.1. The second kappa shape index (κ2) is 6.43. The van der Waals surface area contributed by atoms with Crippen LogP contribution in [0, 0.1) is 19.7 Å². The molecule has 5 heteroatoms. The lowest BCUT2D eigenvalue weighted by molar-refractivity contribution is -0.120. The van der Waals surface area contributed by atoms with Crippen molar-refractivity contribution in [1.29, 1.82) is 0 Å². The van der Waals surface area contributed by atoms with Gasteiger partial charge in [-0.1, -0.05) is 18.2 Å². The summed E-state index contributed by atoms with van der Waals surface area (Å²) in [7, 11) is 0. The fourth-order valence-corrected chi connectivity index (χ4v) is 2.49. The molecule has 0 unspecified atom stereocenters. The molecule has 1 amide bonds. The Morgan fingerprint density at radius 1 is 1.04 bits per heavy atom. The zero-order valence-corrected chi connectivity index (χ0v) is 14.1. The lowest BCUT2D eigenvalue weighted by Crippen LogP contribution is -2.35. The number of anilines is 1. The van der Waals surface area contributed by atoms with E-state index in [1.54, 1.807) is 45.9 Å². The number of benzene rings is 2. The van der Waals surface area contributed by atoms with Crippen molar-refractivity contribution >= 4 is 17.6 Å². The van der Waals surface area contributed by atoms with E-state index in [4.69, 9.17) is 0 Å². The molecule has 0 aliphatic carbocycles. The average molecular weight is 329 g/mol. The summed E-state index contributed by atoms with van der Waals surface area (Å²) in [6.07, 6.45) is 0. The van der Waals surface area contributed by atoms with Gasteiger partial charge in [0.05, 0.1) is 11.0 Å². The number of carbonyl (C=O) groups excluding carboxylic acids is 1. The van der Waals surface area contributed by atoms with Crippen LogP contribution < -0.4 is 5.32 Å². The minimum atomic E-state index is -1.04. The Balaban J connectivity index is 2.33. The monoisotopic (exact) mass is 329 g/mol. The number of nitrogens with one attached hydrogen (secondary N) is 1. The first kappa shape index (κ1) is 17.7. The molecule has 0 aromatic heterocycles. The van der Waals surface area contributed by atoms with Crippen molar-refractivity contribution in [2.24, 2.45) is 0 Å². The maximum absolute atomic E-state index is 13.1. The number of amides is 1. The summed E-state index contributed by atoms with van der Waals surface area (Å²) in [5.41, 5.74) is 1.80. The van der Waals surface area contributed by atoms with E-state index in [-0.39, 0.29) is 17.3 Å². The van der Waals surface area contributed by atoms with Crippen LogP contribution in [-0.4, -0.2) is 17.0 Å².